The van der Waals surface area contributed by atoms with E-state index < -0.39 is 9.84 Å². The van der Waals surface area contributed by atoms with Gasteiger partial charge in [0.25, 0.3) is 0 Å². The zero-order valence-electron chi connectivity index (χ0n) is 11.7. The van der Waals surface area contributed by atoms with E-state index >= 15 is 0 Å². The highest BCUT2D eigenvalue weighted by Crippen LogP contribution is 2.22. The fraction of sp³-hybridized carbons (Fsp3) is 0.429. The van der Waals surface area contributed by atoms with Crippen LogP contribution in [0.3, 0.4) is 0 Å². The summed E-state index contributed by atoms with van der Waals surface area (Å²) < 4.78 is 28.0. The second-order valence-corrected chi connectivity index (χ2v) is 7.44. The highest BCUT2D eigenvalue weighted by molar-refractivity contribution is 7.90. The molecule has 5 nitrogen and oxygen atoms in total. The third kappa shape index (κ3) is 4.06. The second-order valence-electron chi connectivity index (χ2n) is 5.19. The summed E-state index contributed by atoms with van der Waals surface area (Å²) in [7, 11) is -1.09. The Bertz CT molecular complexity index is 646. The second kappa shape index (κ2) is 5.95. The molecule has 0 fully saturated rings. The average molecular weight is 296 g/mol. The highest BCUT2D eigenvalue weighted by atomic mass is 32.2. The molecule has 2 rings (SSSR count). The molecule has 0 saturated carbocycles. The summed E-state index contributed by atoms with van der Waals surface area (Å²) in [6, 6.07) is 9.41. The Balaban J connectivity index is 1.98. The van der Waals surface area contributed by atoms with Crippen molar-refractivity contribution in [3.8, 4) is 0 Å². The minimum Gasteiger partial charge on any atom is -0.459 e. The topological polar surface area (TPSA) is 76.5 Å². The summed E-state index contributed by atoms with van der Waals surface area (Å²) in [4.78, 5) is 1.90. The number of benzene rings is 1. The molecule has 0 radical (unpaired) electrons. The first-order valence-electron chi connectivity index (χ1n) is 6.45. The summed E-state index contributed by atoms with van der Waals surface area (Å²) >= 11 is 0. The van der Waals surface area contributed by atoms with Crippen molar-refractivity contribution in [3.05, 3.63) is 36.1 Å². The van der Waals surface area contributed by atoms with E-state index in [4.69, 9.17) is 10.2 Å². The number of fused-ring (bicyclic) bond motifs is 1. The predicted octanol–water partition coefficient (Wildman–Crippen LogP) is 1.41. The van der Waals surface area contributed by atoms with Gasteiger partial charge in [-0.2, -0.15) is 0 Å². The molecule has 0 saturated heterocycles. The Morgan fingerprint density at radius 2 is 2.05 bits per heavy atom. The van der Waals surface area contributed by atoms with Gasteiger partial charge in [0.2, 0.25) is 0 Å². The van der Waals surface area contributed by atoms with Crippen LogP contribution in [-0.4, -0.2) is 45.5 Å². The Hall–Kier alpha value is -1.37. The molecule has 0 spiro atoms. The zero-order chi connectivity index (χ0) is 14.8. The third-order valence-corrected chi connectivity index (χ3v) is 4.09. The number of likely N-dealkylation sites (N-methyl/N-ethyl adjacent to an activating group) is 1. The number of rotatable bonds is 6. The van der Waals surface area contributed by atoms with E-state index in [0.29, 0.717) is 13.1 Å². The van der Waals surface area contributed by atoms with Gasteiger partial charge in [0.1, 0.15) is 21.2 Å². The molecule has 1 aromatic carbocycles. The van der Waals surface area contributed by atoms with Crippen LogP contribution in [0.2, 0.25) is 0 Å². The fourth-order valence-corrected chi connectivity index (χ4v) is 2.67. The van der Waals surface area contributed by atoms with Crippen LogP contribution >= 0.6 is 0 Å². The smallest absolute Gasteiger partial charge is 0.148 e. The van der Waals surface area contributed by atoms with E-state index in [-0.39, 0.29) is 11.8 Å². The number of hydrogen-bond acceptors (Lipinski definition) is 5. The first kappa shape index (κ1) is 15.0. The number of para-hydroxylation sites is 1. The highest BCUT2D eigenvalue weighted by Gasteiger charge is 2.15. The van der Waals surface area contributed by atoms with Crippen molar-refractivity contribution in [2.24, 2.45) is 5.73 Å². The van der Waals surface area contributed by atoms with Gasteiger partial charge in [-0.3, -0.25) is 0 Å². The molecule has 1 aromatic heterocycles. The van der Waals surface area contributed by atoms with Gasteiger partial charge in [-0.15, -0.1) is 0 Å². The van der Waals surface area contributed by atoms with Gasteiger partial charge in [-0.05, 0) is 19.2 Å². The van der Waals surface area contributed by atoms with Crippen molar-refractivity contribution in [2.75, 3.05) is 32.1 Å². The molecule has 2 aromatic rings. The van der Waals surface area contributed by atoms with Gasteiger partial charge in [-0.25, -0.2) is 8.42 Å². The average Bonchev–Trinajstić information content (AvgIpc) is 2.79. The van der Waals surface area contributed by atoms with E-state index in [9.17, 15) is 8.42 Å². The van der Waals surface area contributed by atoms with Crippen LogP contribution in [0.1, 0.15) is 11.8 Å². The van der Waals surface area contributed by atoms with Crippen molar-refractivity contribution < 1.29 is 12.8 Å². The molecule has 0 aliphatic heterocycles. The van der Waals surface area contributed by atoms with Gasteiger partial charge < -0.3 is 15.1 Å². The van der Waals surface area contributed by atoms with Crippen molar-refractivity contribution in [2.45, 2.75) is 6.04 Å². The number of hydrogen-bond donors (Lipinski definition) is 1. The molecule has 1 unspecified atom stereocenters. The summed E-state index contributed by atoms with van der Waals surface area (Å²) in [5.41, 5.74) is 6.93. The first-order chi connectivity index (χ1) is 9.35. The van der Waals surface area contributed by atoms with E-state index in [2.05, 4.69) is 0 Å². The van der Waals surface area contributed by atoms with Crippen LogP contribution < -0.4 is 5.73 Å². The summed E-state index contributed by atoms with van der Waals surface area (Å²) in [5.74, 6) is 0.855. The molecule has 0 aliphatic carbocycles. The first-order valence-corrected chi connectivity index (χ1v) is 8.51. The van der Waals surface area contributed by atoms with Crippen molar-refractivity contribution in [1.82, 2.24) is 4.90 Å². The maximum Gasteiger partial charge on any atom is 0.148 e. The van der Waals surface area contributed by atoms with Gasteiger partial charge in [0.15, 0.2) is 0 Å². The van der Waals surface area contributed by atoms with Crippen LogP contribution in [0.25, 0.3) is 11.0 Å². The summed E-state index contributed by atoms with van der Waals surface area (Å²) in [6.45, 7) is 1.02. The molecule has 2 N–H and O–H groups in total. The zero-order valence-corrected chi connectivity index (χ0v) is 12.6. The molecule has 0 amide bonds. The molecule has 0 bridgehead atoms. The van der Waals surface area contributed by atoms with Gasteiger partial charge >= 0.3 is 0 Å². The maximum atomic E-state index is 11.1. The van der Waals surface area contributed by atoms with Crippen LogP contribution in [-0.2, 0) is 9.84 Å². The minimum absolute atomic E-state index is 0.135. The molecule has 6 heteroatoms. The van der Waals surface area contributed by atoms with Crippen LogP contribution in [0.5, 0.6) is 0 Å². The van der Waals surface area contributed by atoms with E-state index in [1.54, 1.807) is 0 Å². The Morgan fingerprint density at radius 1 is 1.35 bits per heavy atom. The fourth-order valence-electron chi connectivity index (χ4n) is 2.02. The lowest BCUT2D eigenvalue weighted by atomic mass is 10.2. The standard InChI is InChI=1S/C14H20N2O3S/c1-16(7-8-20(2,17)18)10-12(15)14-9-11-5-3-4-6-13(11)19-14/h3-6,9,12H,7-8,10,15H2,1-2H3. The Kier molecular flexibility index (Phi) is 4.47. The molecule has 20 heavy (non-hydrogen) atoms. The van der Waals surface area contributed by atoms with Gasteiger partial charge in [0.05, 0.1) is 11.8 Å². The molecule has 1 heterocycles. The van der Waals surface area contributed by atoms with Gasteiger partial charge in [0, 0.05) is 24.7 Å². The number of nitrogens with two attached hydrogens (primary N) is 1. The molecular formula is C14H20N2O3S. The summed E-state index contributed by atoms with van der Waals surface area (Å²) in [6.07, 6.45) is 1.24. The monoisotopic (exact) mass is 296 g/mol. The SMILES string of the molecule is CN(CCS(C)(=O)=O)CC(N)c1cc2ccccc2o1. The maximum absolute atomic E-state index is 11.1. The molecule has 110 valence electrons. The number of nitrogens with zero attached hydrogens (tertiary/aromatic N) is 1. The Labute approximate surface area is 119 Å². The lowest BCUT2D eigenvalue weighted by Crippen LogP contribution is -2.32. The molecular weight excluding hydrogens is 276 g/mol. The van der Waals surface area contributed by atoms with Crippen LogP contribution in [0, 0.1) is 0 Å². The molecule has 0 aliphatic rings. The lowest BCUT2D eigenvalue weighted by molar-refractivity contribution is 0.312. The third-order valence-electron chi connectivity index (χ3n) is 3.16. The van der Waals surface area contributed by atoms with Crippen molar-refractivity contribution >= 4 is 20.8 Å². The van der Waals surface area contributed by atoms with E-state index in [1.165, 1.54) is 6.26 Å². The van der Waals surface area contributed by atoms with E-state index in [1.807, 2.05) is 42.3 Å². The molecule has 1 atom stereocenters. The number of furan rings is 1. The number of sulfone groups is 1. The van der Waals surface area contributed by atoms with Gasteiger partial charge in [-0.1, -0.05) is 18.2 Å². The minimum atomic E-state index is -2.95. The van der Waals surface area contributed by atoms with Crippen molar-refractivity contribution in [3.63, 3.8) is 0 Å². The normalized spacial score (nSPS) is 14.0. The van der Waals surface area contributed by atoms with Crippen LogP contribution in [0.4, 0.5) is 0 Å². The summed E-state index contributed by atoms with van der Waals surface area (Å²) in [5, 5.41) is 1.02. The largest absolute Gasteiger partial charge is 0.459 e. The Morgan fingerprint density at radius 3 is 2.70 bits per heavy atom. The van der Waals surface area contributed by atoms with Crippen LogP contribution in [0.15, 0.2) is 34.7 Å². The lowest BCUT2D eigenvalue weighted by Gasteiger charge is -2.19. The quantitative estimate of drug-likeness (QED) is 0.872. The van der Waals surface area contributed by atoms with E-state index in [0.717, 1.165) is 16.7 Å². The van der Waals surface area contributed by atoms with Crippen molar-refractivity contribution in [1.29, 1.82) is 0 Å². The predicted molar refractivity (Wildman–Crippen MR) is 80.4 cm³/mol.